The van der Waals surface area contributed by atoms with Gasteiger partial charge in [0, 0.05) is 17.3 Å². The number of carbonyl (C=O) groups is 1. The molecule has 12 heteroatoms. The first-order valence-electron chi connectivity index (χ1n) is 8.24. The summed E-state index contributed by atoms with van der Waals surface area (Å²) in [5.41, 5.74) is -0.928. The van der Waals surface area contributed by atoms with E-state index in [1.54, 1.807) is 12.1 Å². The molecule has 0 spiro atoms. The third-order valence-electron chi connectivity index (χ3n) is 3.90. The van der Waals surface area contributed by atoms with E-state index in [2.05, 4.69) is 10.0 Å². The largest absolute Gasteiger partial charge is 0.468 e. The number of halogens is 2. The van der Waals surface area contributed by atoms with Crippen LogP contribution in [0.1, 0.15) is 16.1 Å². The summed E-state index contributed by atoms with van der Waals surface area (Å²) in [6.45, 7) is -0.124. The molecular weight excluding hydrogens is 441 g/mol. The third kappa shape index (κ3) is 4.82. The zero-order valence-electron chi connectivity index (χ0n) is 15.0. The predicted octanol–water partition coefficient (Wildman–Crippen LogP) is 3.71. The Balaban J connectivity index is 1.83. The van der Waals surface area contributed by atoms with E-state index in [1.807, 2.05) is 0 Å². The number of furan rings is 1. The highest BCUT2D eigenvalue weighted by Gasteiger charge is 2.21. The number of nitrogens with one attached hydrogen (secondary N) is 2. The van der Waals surface area contributed by atoms with Crippen molar-refractivity contribution < 1.29 is 26.9 Å². The van der Waals surface area contributed by atoms with Crippen molar-refractivity contribution in [1.29, 1.82) is 0 Å². The van der Waals surface area contributed by atoms with Crippen LogP contribution in [-0.4, -0.2) is 19.2 Å². The van der Waals surface area contributed by atoms with E-state index < -0.39 is 32.4 Å². The second kappa shape index (κ2) is 8.61. The van der Waals surface area contributed by atoms with Crippen molar-refractivity contribution in [2.24, 2.45) is 0 Å². The van der Waals surface area contributed by atoms with Crippen LogP contribution < -0.4 is 10.0 Å². The van der Waals surface area contributed by atoms with Gasteiger partial charge in [-0.15, -0.1) is 0 Å². The SMILES string of the molecule is O=C(Nc1ccc(F)c([N+](=O)[O-])c1)c1ccc(Cl)c(S(=O)(=O)NCc2ccco2)c1. The molecule has 30 heavy (non-hydrogen) atoms. The Morgan fingerprint density at radius 2 is 1.97 bits per heavy atom. The number of benzene rings is 2. The Morgan fingerprint density at radius 1 is 1.20 bits per heavy atom. The molecule has 0 saturated carbocycles. The summed E-state index contributed by atoms with van der Waals surface area (Å²) in [5, 5.41) is 13.1. The molecule has 2 aromatic carbocycles. The van der Waals surface area contributed by atoms with Gasteiger partial charge in [-0.05, 0) is 42.5 Å². The third-order valence-corrected chi connectivity index (χ3v) is 5.78. The normalized spacial score (nSPS) is 11.3. The van der Waals surface area contributed by atoms with Crippen LogP contribution in [0.25, 0.3) is 0 Å². The molecule has 0 bridgehead atoms. The van der Waals surface area contributed by atoms with E-state index in [-0.39, 0.29) is 27.7 Å². The predicted molar refractivity (Wildman–Crippen MR) is 105 cm³/mol. The van der Waals surface area contributed by atoms with Gasteiger partial charge in [-0.1, -0.05) is 11.6 Å². The first-order valence-corrected chi connectivity index (χ1v) is 10.1. The van der Waals surface area contributed by atoms with Gasteiger partial charge in [0.15, 0.2) is 0 Å². The fourth-order valence-electron chi connectivity index (χ4n) is 2.44. The van der Waals surface area contributed by atoms with Crippen LogP contribution in [-0.2, 0) is 16.6 Å². The molecular formula is C18H13ClFN3O6S. The van der Waals surface area contributed by atoms with Crippen LogP contribution in [0, 0.1) is 15.9 Å². The second-order valence-corrected chi connectivity index (χ2v) is 8.07. The minimum Gasteiger partial charge on any atom is -0.468 e. The molecule has 1 aromatic heterocycles. The van der Waals surface area contributed by atoms with E-state index >= 15 is 0 Å². The van der Waals surface area contributed by atoms with Gasteiger partial charge < -0.3 is 9.73 Å². The average Bonchev–Trinajstić information content (AvgIpc) is 3.21. The minimum atomic E-state index is -4.08. The van der Waals surface area contributed by atoms with E-state index in [4.69, 9.17) is 16.0 Å². The highest BCUT2D eigenvalue weighted by molar-refractivity contribution is 7.89. The van der Waals surface area contributed by atoms with Gasteiger partial charge in [-0.25, -0.2) is 13.1 Å². The summed E-state index contributed by atoms with van der Waals surface area (Å²) in [6.07, 6.45) is 1.39. The molecule has 1 amide bonds. The van der Waals surface area contributed by atoms with Gasteiger partial charge in [0.1, 0.15) is 10.7 Å². The van der Waals surface area contributed by atoms with Crippen LogP contribution in [0.15, 0.2) is 64.1 Å². The van der Waals surface area contributed by atoms with Gasteiger partial charge in [0.2, 0.25) is 15.8 Å². The molecule has 2 N–H and O–H groups in total. The molecule has 0 atom stereocenters. The number of rotatable bonds is 7. The maximum atomic E-state index is 13.4. The van der Waals surface area contributed by atoms with Crippen molar-refractivity contribution >= 4 is 38.9 Å². The Hall–Kier alpha value is -3.28. The molecule has 1 heterocycles. The van der Waals surface area contributed by atoms with Crippen LogP contribution in [0.3, 0.4) is 0 Å². The van der Waals surface area contributed by atoms with E-state index in [0.29, 0.717) is 5.76 Å². The number of sulfonamides is 1. The molecule has 0 fully saturated rings. The van der Waals surface area contributed by atoms with Crippen LogP contribution in [0.2, 0.25) is 5.02 Å². The fraction of sp³-hybridized carbons (Fsp3) is 0.0556. The molecule has 3 rings (SSSR count). The summed E-state index contributed by atoms with van der Waals surface area (Å²) in [4.78, 5) is 22.0. The van der Waals surface area contributed by atoms with Gasteiger partial charge in [0.05, 0.1) is 22.8 Å². The monoisotopic (exact) mass is 453 g/mol. The first-order chi connectivity index (χ1) is 14.2. The van der Waals surface area contributed by atoms with E-state index in [9.17, 15) is 27.7 Å². The van der Waals surface area contributed by atoms with Gasteiger partial charge in [-0.3, -0.25) is 14.9 Å². The maximum absolute atomic E-state index is 13.4. The number of nitrogens with zero attached hydrogens (tertiary/aromatic N) is 1. The van der Waals surface area contributed by atoms with Crippen molar-refractivity contribution in [3.05, 3.63) is 87.1 Å². The van der Waals surface area contributed by atoms with E-state index in [0.717, 1.165) is 24.3 Å². The molecule has 9 nitrogen and oxygen atoms in total. The van der Waals surface area contributed by atoms with Gasteiger partial charge in [0.25, 0.3) is 5.91 Å². The molecule has 0 aliphatic rings. The highest BCUT2D eigenvalue weighted by Crippen LogP contribution is 2.25. The number of hydrogen-bond acceptors (Lipinski definition) is 6. The standard InChI is InChI=1S/C18H13ClFN3O6S/c19-14-5-3-11(8-17(14)30(27,28)21-10-13-2-1-7-29-13)18(24)22-12-4-6-15(20)16(9-12)23(25)26/h1-9,21H,10H2,(H,22,24). The Morgan fingerprint density at radius 3 is 2.63 bits per heavy atom. The molecule has 0 unspecified atom stereocenters. The summed E-state index contributed by atoms with van der Waals surface area (Å²) in [7, 11) is -4.08. The number of amides is 1. The average molecular weight is 454 g/mol. The fourth-order valence-corrected chi connectivity index (χ4v) is 3.96. The van der Waals surface area contributed by atoms with Crippen molar-refractivity contribution in [3.63, 3.8) is 0 Å². The minimum absolute atomic E-state index is 0.0385. The lowest BCUT2D eigenvalue weighted by atomic mass is 10.2. The summed E-state index contributed by atoms with van der Waals surface area (Å²) >= 11 is 5.99. The Kier molecular flexibility index (Phi) is 6.15. The van der Waals surface area contributed by atoms with Gasteiger partial charge in [-0.2, -0.15) is 4.39 Å². The zero-order valence-corrected chi connectivity index (χ0v) is 16.5. The number of nitro benzene ring substituents is 1. The highest BCUT2D eigenvalue weighted by atomic mass is 35.5. The van der Waals surface area contributed by atoms with Crippen molar-refractivity contribution in [3.8, 4) is 0 Å². The summed E-state index contributed by atoms with van der Waals surface area (Å²) in [5.74, 6) is -1.45. The lowest BCUT2D eigenvalue weighted by Crippen LogP contribution is -2.24. The summed E-state index contributed by atoms with van der Waals surface area (Å²) < 4.78 is 45.9. The molecule has 0 saturated heterocycles. The second-order valence-electron chi connectivity index (χ2n) is 5.93. The Bertz CT molecular complexity index is 1210. The lowest BCUT2D eigenvalue weighted by molar-refractivity contribution is -0.387. The van der Waals surface area contributed by atoms with Crippen molar-refractivity contribution in [1.82, 2.24) is 4.72 Å². The molecule has 0 aliphatic heterocycles. The van der Waals surface area contributed by atoms with Gasteiger partial charge >= 0.3 is 5.69 Å². The topological polar surface area (TPSA) is 132 Å². The molecule has 156 valence electrons. The molecule has 0 radical (unpaired) electrons. The summed E-state index contributed by atoms with van der Waals surface area (Å²) in [6, 6.07) is 9.57. The number of hydrogen-bond donors (Lipinski definition) is 2. The zero-order chi connectivity index (χ0) is 21.9. The van der Waals surface area contributed by atoms with E-state index in [1.165, 1.54) is 18.4 Å². The molecule has 0 aliphatic carbocycles. The Labute approximate surface area is 174 Å². The maximum Gasteiger partial charge on any atom is 0.306 e. The first kappa shape index (κ1) is 21.4. The van der Waals surface area contributed by atoms with Crippen LogP contribution >= 0.6 is 11.6 Å². The quantitative estimate of drug-likeness (QED) is 0.414. The van der Waals surface area contributed by atoms with Crippen LogP contribution in [0.4, 0.5) is 15.8 Å². The number of carbonyl (C=O) groups excluding carboxylic acids is 1. The number of nitro groups is 1. The smallest absolute Gasteiger partial charge is 0.306 e. The lowest BCUT2D eigenvalue weighted by Gasteiger charge is -2.10. The molecule has 3 aromatic rings. The van der Waals surface area contributed by atoms with Crippen molar-refractivity contribution in [2.75, 3.05) is 5.32 Å². The number of anilines is 1. The van der Waals surface area contributed by atoms with Crippen molar-refractivity contribution in [2.45, 2.75) is 11.4 Å². The van der Waals surface area contributed by atoms with Crippen LogP contribution in [0.5, 0.6) is 0 Å².